The zero-order valence-electron chi connectivity index (χ0n) is 16.9. The fourth-order valence-electron chi connectivity index (χ4n) is 3.59. The monoisotopic (exact) mass is 433 g/mol. The molecule has 1 aliphatic heterocycles. The van der Waals surface area contributed by atoms with Gasteiger partial charge in [0, 0.05) is 9.92 Å². The molecule has 0 fully saturated rings. The standard InChI is InChI=1S/C25H20ClNO2S/c1-15-8-13-20(17(3)14-15)22-23(30-19-11-9-18(26)10-12-19)25(29)27(24(22)28)21-7-5-4-6-16(21)2/h4-14H,1-3H3. The van der Waals surface area contributed by atoms with Gasteiger partial charge in [-0.25, -0.2) is 4.90 Å². The van der Waals surface area contributed by atoms with Gasteiger partial charge in [-0.15, -0.1) is 0 Å². The number of thioether (sulfide) groups is 1. The molecule has 0 N–H and O–H groups in total. The van der Waals surface area contributed by atoms with Crippen LogP contribution < -0.4 is 4.90 Å². The van der Waals surface area contributed by atoms with E-state index >= 15 is 0 Å². The summed E-state index contributed by atoms with van der Waals surface area (Å²) < 4.78 is 0. The SMILES string of the molecule is Cc1ccc(C2=C(Sc3ccc(Cl)cc3)C(=O)N(c3ccccc3C)C2=O)c(C)c1. The van der Waals surface area contributed by atoms with E-state index in [9.17, 15) is 9.59 Å². The molecule has 0 bridgehead atoms. The molecular weight excluding hydrogens is 414 g/mol. The Kier molecular flexibility index (Phi) is 5.54. The van der Waals surface area contributed by atoms with E-state index in [1.165, 1.54) is 16.7 Å². The Morgan fingerprint density at radius 1 is 0.800 bits per heavy atom. The quantitative estimate of drug-likeness (QED) is 0.450. The Balaban J connectivity index is 1.87. The molecule has 1 heterocycles. The molecule has 3 aromatic carbocycles. The first-order valence-corrected chi connectivity index (χ1v) is 10.8. The first-order valence-electron chi connectivity index (χ1n) is 9.56. The summed E-state index contributed by atoms with van der Waals surface area (Å²) in [4.78, 5) is 29.6. The number of rotatable bonds is 4. The van der Waals surface area contributed by atoms with Gasteiger partial charge in [-0.2, -0.15) is 0 Å². The van der Waals surface area contributed by atoms with E-state index in [0.717, 1.165) is 27.1 Å². The van der Waals surface area contributed by atoms with E-state index in [-0.39, 0.29) is 11.8 Å². The largest absolute Gasteiger partial charge is 0.272 e. The number of aryl methyl sites for hydroxylation is 3. The van der Waals surface area contributed by atoms with Crippen molar-refractivity contribution in [1.29, 1.82) is 0 Å². The topological polar surface area (TPSA) is 37.4 Å². The Morgan fingerprint density at radius 2 is 1.50 bits per heavy atom. The second-order valence-corrected chi connectivity index (χ2v) is 8.83. The number of carbonyl (C=O) groups excluding carboxylic acids is 2. The molecule has 0 aliphatic carbocycles. The van der Waals surface area contributed by atoms with Gasteiger partial charge in [0.2, 0.25) is 0 Å². The van der Waals surface area contributed by atoms with Crippen LogP contribution in [0, 0.1) is 20.8 Å². The summed E-state index contributed by atoms with van der Waals surface area (Å²) in [5.74, 6) is -0.595. The van der Waals surface area contributed by atoms with Crippen LogP contribution >= 0.6 is 23.4 Å². The number of carbonyl (C=O) groups is 2. The third-order valence-electron chi connectivity index (χ3n) is 5.08. The third kappa shape index (κ3) is 3.69. The molecule has 0 radical (unpaired) electrons. The number of para-hydroxylation sites is 1. The molecule has 0 unspecified atom stereocenters. The van der Waals surface area contributed by atoms with Crippen molar-refractivity contribution >= 4 is 46.4 Å². The van der Waals surface area contributed by atoms with Gasteiger partial charge >= 0.3 is 0 Å². The second-order valence-electron chi connectivity index (χ2n) is 7.31. The molecule has 150 valence electrons. The number of hydrogen-bond acceptors (Lipinski definition) is 3. The smallest absolute Gasteiger partial charge is 0.268 e. The number of nitrogens with zero attached hydrogens (tertiary/aromatic N) is 1. The van der Waals surface area contributed by atoms with Gasteiger partial charge in [0.1, 0.15) is 0 Å². The summed E-state index contributed by atoms with van der Waals surface area (Å²) in [6.07, 6.45) is 0. The van der Waals surface area contributed by atoms with Gasteiger partial charge in [-0.1, -0.05) is 65.3 Å². The summed E-state index contributed by atoms with van der Waals surface area (Å²) in [6, 6.07) is 20.6. The second kappa shape index (κ2) is 8.13. The molecule has 5 heteroatoms. The molecule has 0 atom stereocenters. The Bertz CT molecular complexity index is 1200. The molecule has 0 spiro atoms. The summed E-state index contributed by atoms with van der Waals surface area (Å²) in [6.45, 7) is 5.88. The molecule has 0 aromatic heterocycles. The van der Waals surface area contributed by atoms with Crippen molar-refractivity contribution in [3.63, 3.8) is 0 Å². The predicted molar refractivity (Wildman–Crippen MR) is 124 cm³/mol. The average molecular weight is 434 g/mol. The Morgan fingerprint density at radius 3 is 2.17 bits per heavy atom. The van der Waals surface area contributed by atoms with Gasteiger partial charge in [0.15, 0.2) is 0 Å². The summed E-state index contributed by atoms with van der Waals surface area (Å²) in [7, 11) is 0. The zero-order valence-corrected chi connectivity index (χ0v) is 18.5. The van der Waals surface area contributed by atoms with Crippen LogP contribution in [0.2, 0.25) is 5.02 Å². The van der Waals surface area contributed by atoms with Crippen LogP contribution in [0.25, 0.3) is 5.57 Å². The highest BCUT2D eigenvalue weighted by Gasteiger charge is 2.41. The van der Waals surface area contributed by atoms with Crippen LogP contribution in [0.5, 0.6) is 0 Å². The number of anilines is 1. The van der Waals surface area contributed by atoms with E-state index in [2.05, 4.69) is 0 Å². The molecule has 2 amide bonds. The van der Waals surface area contributed by atoms with E-state index in [1.807, 2.05) is 69.3 Å². The normalized spacial score (nSPS) is 14.1. The highest BCUT2D eigenvalue weighted by atomic mass is 35.5. The Hall–Kier alpha value is -2.82. The van der Waals surface area contributed by atoms with Crippen LogP contribution in [-0.4, -0.2) is 11.8 Å². The fraction of sp³-hybridized carbons (Fsp3) is 0.120. The summed E-state index contributed by atoms with van der Waals surface area (Å²) >= 11 is 7.31. The predicted octanol–water partition coefficient (Wildman–Crippen LogP) is 6.34. The van der Waals surface area contributed by atoms with E-state index in [1.54, 1.807) is 18.2 Å². The minimum Gasteiger partial charge on any atom is -0.268 e. The molecule has 1 aliphatic rings. The molecule has 30 heavy (non-hydrogen) atoms. The maximum Gasteiger partial charge on any atom is 0.272 e. The lowest BCUT2D eigenvalue weighted by atomic mass is 9.98. The zero-order chi connectivity index (χ0) is 21.4. The lowest BCUT2D eigenvalue weighted by Crippen LogP contribution is -2.31. The van der Waals surface area contributed by atoms with Crippen LogP contribution in [0.3, 0.4) is 0 Å². The van der Waals surface area contributed by atoms with Crippen molar-refractivity contribution in [2.75, 3.05) is 4.90 Å². The van der Waals surface area contributed by atoms with Crippen molar-refractivity contribution in [3.8, 4) is 0 Å². The number of hydrogen-bond donors (Lipinski definition) is 0. The van der Waals surface area contributed by atoms with Gasteiger partial charge in [0.25, 0.3) is 11.8 Å². The van der Waals surface area contributed by atoms with E-state index in [4.69, 9.17) is 11.6 Å². The van der Waals surface area contributed by atoms with Crippen molar-refractivity contribution in [2.24, 2.45) is 0 Å². The molecule has 0 saturated carbocycles. The maximum absolute atomic E-state index is 13.6. The number of halogens is 1. The van der Waals surface area contributed by atoms with Crippen LogP contribution in [0.4, 0.5) is 5.69 Å². The lowest BCUT2D eigenvalue weighted by molar-refractivity contribution is -0.119. The van der Waals surface area contributed by atoms with Gasteiger partial charge < -0.3 is 0 Å². The van der Waals surface area contributed by atoms with Crippen molar-refractivity contribution in [3.05, 3.63) is 98.9 Å². The minimum atomic E-state index is -0.302. The molecule has 3 nitrogen and oxygen atoms in total. The summed E-state index contributed by atoms with van der Waals surface area (Å²) in [5, 5.41) is 0.623. The van der Waals surface area contributed by atoms with Crippen LogP contribution in [0.1, 0.15) is 22.3 Å². The average Bonchev–Trinajstić information content (AvgIpc) is 2.94. The molecular formula is C25H20ClNO2S. The van der Waals surface area contributed by atoms with Gasteiger partial charge in [0.05, 0.1) is 16.2 Å². The first-order chi connectivity index (χ1) is 14.4. The van der Waals surface area contributed by atoms with E-state index < -0.39 is 0 Å². The highest BCUT2D eigenvalue weighted by molar-refractivity contribution is 8.04. The maximum atomic E-state index is 13.6. The van der Waals surface area contributed by atoms with Crippen molar-refractivity contribution in [2.45, 2.75) is 25.7 Å². The number of imide groups is 1. The fourth-order valence-corrected chi connectivity index (χ4v) is 4.70. The van der Waals surface area contributed by atoms with Crippen LogP contribution in [-0.2, 0) is 9.59 Å². The lowest BCUT2D eigenvalue weighted by Gasteiger charge is -2.17. The van der Waals surface area contributed by atoms with E-state index in [0.29, 0.717) is 21.2 Å². The molecule has 0 saturated heterocycles. The molecule has 3 aromatic rings. The van der Waals surface area contributed by atoms with Gasteiger partial charge in [-0.05, 0) is 67.8 Å². The summed E-state index contributed by atoms with van der Waals surface area (Å²) in [5.41, 5.74) is 4.79. The third-order valence-corrected chi connectivity index (χ3v) is 6.43. The van der Waals surface area contributed by atoms with Gasteiger partial charge in [-0.3, -0.25) is 9.59 Å². The van der Waals surface area contributed by atoms with Crippen molar-refractivity contribution in [1.82, 2.24) is 0 Å². The first kappa shape index (κ1) is 20.5. The number of benzene rings is 3. The molecule has 4 rings (SSSR count). The Labute approximate surface area is 185 Å². The number of amides is 2. The minimum absolute atomic E-state index is 0.294. The van der Waals surface area contributed by atoms with Crippen LogP contribution in [0.15, 0.2) is 76.5 Å². The van der Waals surface area contributed by atoms with Crippen molar-refractivity contribution < 1.29 is 9.59 Å². The highest BCUT2D eigenvalue weighted by Crippen LogP contribution is 2.42.